The molecule has 0 aliphatic carbocycles. The first kappa shape index (κ1) is 18.9. The van der Waals surface area contributed by atoms with Gasteiger partial charge in [0.25, 0.3) is 5.91 Å². The summed E-state index contributed by atoms with van der Waals surface area (Å²) in [6.07, 6.45) is 1.81. The van der Waals surface area contributed by atoms with Crippen molar-refractivity contribution in [2.45, 2.75) is 19.8 Å². The molecule has 6 heteroatoms. The van der Waals surface area contributed by atoms with Crippen LogP contribution in [0, 0.1) is 6.92 Å². The number of aromatic nitrogens is 2. The Morgan fingerprint density at radius 1 is 1.12 bits per heavy atom. The van der Waals surface area contributed by atoms with Gasteiger partial charge in [-0.1, -0.05) is 30.3 Å². The summed E-state index contributed by atoms with van der Waals surface area (Å²) in [5.41, 5.74) is 1.60. The van der Waals surface area contributed by atoms with E-state index in [9.17, 15) is 4.79 Å². The summed E-state index contributed by atoms with van der Waals surface area (Å²) in [7, 11) is 4.10. The van der Waals surface area contributed by atoms with Crippen LogP contribution in [0.3, 0.4) is 0 Å². The largest absolute Gasteiger partial charge is 0.370 e. The number of carbonyl (C=O) groups is 1. The van der Waals surface area contributed by atoms with E-state index in [1.807, 2.05) is 32.3 Å². The number of carbonyl (C=O) groups excluding carboxylic acids is 1. The summed E-state index contributed by atoms with van der Waals surface area (Å²) < 4.78 is 0. The van der Waals surface area contributed by atoms with Gasteiger partial charge in [-0.2, -0.15) is 0 Å². The van der Waals surface area contributed by atoms with Crippen LogP contribution in [0.5, 0.6) is 0 Å². The van der Waals surface area contributed by atoms with Crippen LogP contribution >= 0.6 is 0 Å². The molecule has 25 heavy (non-hydrogen) atoms. The van der Waals surface area contributed by atoms with Crippen LogP contribution in [0.4, 0.5) is 5.82 Å². The van der Waals surface area contributed by atoms with Crippen LogP contribution in [0.1, 0.15) is 28.3 Å². The van der Waals surface area contributed by atoms with Gasteiger partial charge in [-0.05, 0) is 46.0 Å². The number of hydrogen-bond acceptors (Lipinski definition) is 5. The summed E-state index contributed by atoms with van der Waals surface area (Å²) in [6.45, 7) is 4.19. The first-order chi connectivity index (χ1) is 12.0. The topological polar surface area (TPSA) is 70.2 Å². The second kappa shape index (κ2) is 9.74. The Bertz CT molecular complexity index is 673. The molecule has 1 heterocycles. The van der Waals surface area contributed by atoms with Crippen molar-refractivity contribution in [3.8, 4) is 0 Å². The minimum Gasteiger partial charge on any atom is -0.370 e. The summed E-state index contributed by atoms with van der Waals surface area (Å²) >= 11 is 0. The normalized spacial score (nSPS) is 10.7. The van der Waals surface area contributed by atoms with Crippen molar-refractivity contribution in [2.24, 2.45) is 0 Å². The van der Waals surface area contributed by atoms with Gasteiger partial charge in [0.05, 0.1) is 0 Å². The van der Waals surface area contributed by atoms with Gasteiger partial charge in [-0.15, -0.1) is 0 Å². The van der Waals surface area contributed by atoms with Crippen molar-refractivity contribution in [1.82, 2.24) is 20.2 Å². The SMILES string of the molecule is Cc1nc(NCCCN(C)C)cc(C(=O)NCCc2ccccc2)n1. The standard InChI is InChI=1S/C19H27N5O/c1-15-22-17(14-18(23-15)20-11-7-13-24(2)3)19(25)21-12-10-16-8-5-4-6-9-16/h4-6,8-9,14H,7,10-13H2,1-3H3,(H,21,25)(H,20,22,23). The molecule has 0 aliphatic heterocycles. The van der Waals surface area contributed by atoms with Crippen LogP contribution in [0.25, 0.3) is 0 Å². The number of anilines is 1. The van der Waals surface area contributed by atoms with Crippen molar-refractivity contribution in [1.29, 1.82) is 0 Å². The molecule has 0 unspecified atom stereocenters. The highest BCUT2D eigenvalue weighted by molar-refractivity contribution is 5.92. The Hall–Kier alpha value is -2.47. The van der Waals surface area contributed by atoms with Crippen LogP contribution in [-0.2, 0) is 6.42 Å². The highest BCUT2D eigenvalue weighted by Crippen LogP contribution is 2.07. The van der Waals surface area contributed by atoms with Crippen LogP contribution in [-0.4, -0.2) is 54.5 Å². The van der Waals surface area contributed by atoms with Crippen molar-refractivity contribution < 1.29 is 4.79 Å². The number of amides is 1. The Balaban J connectivity index is 1.86. The number of aryl methyl sites for hydroxylation is 1. The van der Waals surface area contributed by atoms with Gasteiger partial charge < -0.3 is 15.5 Å². The summed E-state index contributed by atoms with van der Waals surface area (Å²) in [4.78, 5) is 23.0. The average molecular weight is 341 g/mol. The molecule has 0 fully saturated rings. The van der Waals surface area contributed by atoms with Gasteiger partial charge in [0.15, 0.2) is 0 Å². The van der Waals surface area contributed by atoms with Crippen LogP contribution < -0.4 is 10.6 Å². The molecule has 1 amide bonds. The van der Waals surface area contributed by atoms with E-state index < -0.39 is 0 Å². The summed E-state index contributed by atoms with van der Waals surface area (Å²) in [6, 6.07) is 11.8. The second-order valence-corrected chi connectivity index (χ2v) is 6.26. The minimum atomic E-state index is -0.169. The lowest BCUT2D eigenvalue weighted by Crippen LogP contribution is -2.27. The number of rotatable bonds is 9. The number of hydrogen-bond donors (Lipinski definition) is 2. The maximum atomic E-state index is 12.3. The number of nitrogens with zero attached hydrogens (tertiary/aromatic N) is 3. The molecule has 0 bridgehead atoms. The van der Waals surface area contributed by atoms with E-state index in [2.05, 4.69) is 37.6 Å². The molecule has 6 nitrogen and oxygen atoms in total. The van der Waals surface area contributed by atoms with E-state index in [1.54, 1.807) is 13.0 Å². The quantitative estimate of drug-likeness (QED) is 0.684. The van der Waals surface area contributed by atoms with Gasteiger partial charge >= 0.3 is 0 Å². The van der Waals surface area contributed by atoms with Gasteiger partial charge in [0, 0.05) is 19.2 Å². The van der Waals surface area contributed by atoms with Crippen LogP contribution in [0.15, 0.2) is 36.4 Å². The van der Waals surface area contributed by atoms with Gasteiger partial charge in [-0.25, -0.2) is 9.97 Å². The molecular weight excluding hydrogens is 314 g/mol. The lowest BCUT2D eigenvalue weighted by Gasteiger charge is -2.11. The first-order valence-electron chi connectivity index (χ1n) is 8.61. The molecule has 1 aromatic heterocycles. The Labute approximate surface area is 149 Å². The predicted octanol–water partition coefficient (Wildman–Crippen LogP) is 2.12. The first-order valence-corrected chi connectivity index (χ1v) is 8.61. The van der Waals surface area contributed by atoms with Crippen molar-refractivity contribution in [3.05, 3.63) is 53.5 Å². The predicted molar refractivity (Wildman–Crippen MR) is 101 cm³/mol. The fraction of sp³-hybridized carbons (Fsp3) is 0.421. The highest BCUT2D eigenvalue weighted by Gasteiger charge is 2.10. The van der Waals surface area contributed by atoms with Gasteiger partial charge in [0.2, 0.25) is 0 Å². The zero-order valence-electron chi connectivity index (χ0n) is 15.2. The molecule has 2 rings (SSSR count). The third kappa shape index (κ3) is 6.89. The van der Waals surface area contributed by atoms with Crippen molar-refractivity contribution >= 4 is 11.7 Å². The highest BCUT2D eigenvalue weighted by atomic mass is 16.1. The van der Waals surface area contributed by atoms with Crippen LogP contribution in [0.2, 0.25) is 0 Å². The van der Waals surface area contributed by atoms with E-state index in [0.29, 0.717) is 23.9 Å². The fourth-order valence-electron chi connectivity index (χ4n) is 2.44. The van der Waals surface area contributed by atoms with Crippen molar-refractivity contribution in [2.75, 3.05) is 39.0 Å². The zero-order chi connectivity index (χ0) is 18.1. The molecule has 0 saturated heterocycles. The fourth-order valence-corrected chi connectivity index (χ4v) is 2.44. The summed E-state index contributed by atoms with van der Waals surface area (Å²) in [5, 5.41) is 6.18. The Kier molecular flexibility index (Phi) is 7.35. The molecule has 0 atom stereocenters. The van der Waals surface area contributed by atoms with E-state index in [-0.39, 0.29) is 5.91 Å². The minimum absolute atomic E-state index is 0.169. The molecule has 2 aromatic rings. The molecule has 2 N–H and O–H groups in total. The third-order valence-corrected chi connectivity index (χ3v) is 3.70. The van der Waals surface area contributed by atoms with Gasteiger partial charge in [0.1, 0.15) is 17.3 Å². The number of nitrogens with one attached hydrogen (secondary N) is 2. The maximum Gasteiger partial charge on any atom is 0.270 e. The smallest absolute Gasteiger partial charge is 0.270 e. The third-order valence-electron chi connectivity index (χ3n) is 3.70. The van der Waals surface area contributed by atoms with E-state index in [4.69, 9.17) is 0 Å². The van der Waals surface area contributed by atoms with E-state index in [0.717, 1.165) is 25.9 Å². The molecule has 0 spiro atoms. The zero-order valence-corrected chi connectivity index (χ0v) is 15.2. The molecule has 1 aromatic carbocycles. The van der Waals surface area contributed by atoms with Crippen molar-refractivity contribution in [3.63, 3.8) is 0 Å². The molecule has 0 saturated carbocycles. The molecular formula is C19H27N5O. The Morgan fingerprint density at radius 3 is 2.60 bits per heavy atom. The molecule has 0 aliphatic rings. The monoisotopic (exact) mass is 341 g/mol. The maximum absolute atomic E-state index is 12.3. The lowest BCUT2D eigenvalue weighted by atomic mass is 10.1. The van der Waals surface area contributed by atoms with Gasteiger partial charge in [-0.3, -0.25) is 4.79 Å². The Morgan fingerprint density at radius 2 is 1.88 bits per heavy atom. The molecule has 0 radical (unpaired) electrons. The summed E-state index contributed by atoms with van der Waals surface area (Å²) in [5.74, 6) is 1.11. The number of benzene rings is 1. The average Bonchev–Trinajstić information content (AvgIpc) is 2.59. The molecule has 134 valence electrons. The lowest BCUT2D eigenvalue weighted by molar-refractivity contribution is 0.0949. The van der Waals surface area contributed by atoms with E-state index >= 15 is 0 Å². The second-order valence-electron chi connectivity index (χ2n) is 6.26. The van der Waals surface area contributed by atoms with E-state index in [1.165, 1.54) is 5.56 Å².